The molecule has 0 saturated carbocycles. The van der Waals surface area contributed by atoms with Crippen LogP contribution in [0.25, 0.3) is 0 Å². The SMILES string of the molecule is Cc1ccccc1C1=N[C@@H](c2ccc(F)cc2F)ON1. The summed E-state index contributed by atoms with van der Waals surface area (Å²) in [6, 6.07) is 11.0. The highest BCUT2D eigenvalue weighted by Gasteiger charge is 2.24. The smallest absolute Gasteiger partial charge is 0.205 e. The van der Waals surface area contributed by atoms with Gasteiger partial charge in [-0.3, -0.25) is 0 Å². The first-order chi connectivity index (χ1) is 9.65. The molecule has 0 radical (unpaired) electrons. The van der Waals surface area contributed by atoms with E-state index >= 15 is 0 Å². The van der Waals surface area contributed by atoms with Crippen LogP contribution in [0.4, 0.5) is 8.78 Å². The highest BCUT2D eigenvalue weighted by Crippen LogP contribution is 2.26. The Hall–Kier alpha value is -2.27. The van der Waals surface area contributed by atoms with Crippen LogP contribution in [0.15, 0.2) is 47.5 Å². The largest absolute Gasteiger partial charge is 0.246 e. The van der Waals surface area contributed by atoms with Crippen molar-refractivity contribution in [2.75, 3.05) is 0 Å². The number of nitrogens with zero attached hydrogens (tertiary/aromatic N) is 1. The highest BCUT2D eigenvalue weighted by atomic mass is 19.1. The standard InChI is InChI=1S/C15H12F2N2O/c1-9-4-2-3-5-11(9)14-18-15(20-19-14)12-7-6-10(16)8-13(12)17/h2-8,15H,1H3,(H,18,19)/t15-/m1/s1. The molecule has 20 heavy (non-hydrogen) atoms. The monoisotopic (exact) mass is 274 g/mol. The van der Waals surface area contributed by atoms with Crippen molar-refractivity contribution in [1.29, 1.82) is 0 Å². The van der Waals surface area contributed by atoms with E-state index in [2.05, 4.69) is 10.5 Å². The molecular formula is C15H12F2N2O. The van der Waals surface area contributed by atoms with Crippen molar-refractivity contribution in [2.45, 2.75) is 13.2 Å². The molecule has 1 N–H and O–H groups in total. The van der Waals surface area contributed by atoms with E-state index in [1.807, 2.05) is 31.2 Å². The van der Waals surface area contributed by atoms with Crippen molar-refractivity contribution in [1.82, 2.24) is 5.48 Å². The molecule has 0 aromatic heterocycles. The highest BCUT2D eigenvalue weighted by molar-refractivity contribution is 6.00. The summed E-state index contributed by atoms with van der Waals surface area (Å²) in [6.45, 7) is 1.95. The average Bonchev–Trinajstić information content (AvgIpc) is 2.88. The second kappa shape index (κ2) is 5.02. The molecule has 0 bridgehead atoms. The molecule has 1 heterocycles. The first kappa shape index (κ1) is 12.7. The van der Waals surface area contributed by atoms with Gasteiger partial charge in [0.05, 0.1) is 0 Å². The summed E-state index contributed by atoms with van der Waals surface area (Å²) in [5.74, 6) is -0.760. The summed E-state index contributed by atoms with van der Waals surface area (Å²) in [5.41, 5.74) is 4.81. The molecule has 3 nitrogen and oxygen atoms in total. The van der Waals surface area contributed by atoms with Gasteiger partial charge < -0.3 is 0 Å². The molecular weight excluding hydrogens is 262 g/mol. The third-order valence-corrected chi connectivity index (χ3v) is 3.14. The van der Waals surface area contributed by atoms with Gasteiger partial charge in [0, 0.05) is 17.2 Å². The fourth-order valence-corrected chi connectivity index (χ4v) is 2.08. The van der Waals surface area contributed by atoms with Crippen LogP contribution in [0.5, 0.6) is 0 Å². The predicted molar refractivity (Wildman–Crippen MR) is 71.0 cm³/mol. The number of rotatable bonds is 2. The van der Waals surface area contributed by atoms with Crippen LogP contribution in [0.3, 0.4) is 0 Å². The fourth-order valence-electron chi connectivity index (χ4n) is 2.08. The van der Waals surface area contributed by atoms with Crippen molar-refractivity contribution < 1.29 is 13.6 Å². The zero-order chi connectivity index (χ0) is 14.1. The molecule has 3 rings (SSSR count). The maximum absolute atomic E-state index is 13.7. The Kier molecular flexibility index (Phi) is 3.20. The van der Waals surface area contributed by atoms with Crippen molar-refractivity contribution in [2.24, 2.45) is 4.99 Å². The third kappa shape index (κ3) is 2.28. The van der Waals surface area contributed by atoms with Crippen LogP contribution >= 0.6 is 0 Å². The topological polar surface area (TPSA) is 33.6 Å². The number of aliphatic imine (C=N–C) groups is 1. The molecule has 1 aliphatic rings. The molecule has 0 spiro atoms. The molecule has 102 valence electrons. The van der Waals surface area contributed by atoms with Gasteiger partial charge in [-0.05, 0) is 24.6 Å². The molecule has 0 aliphatic carbocycles. The van der Waals surface area contributed by atoms with Gasteiger partial charge in [0.25, 0.3) is 0 Å². The quantitative estimate of drug-likeness (QED) is 0.912. The van der Waals surface area contributed by atoms with Gasteiger partial charge in [-0.15, -0.1) is 0 Å². The van der Waals surface area contributed by atoms with Gasteiger partial charge >= 0.3 is 0 Å². The zero-order valence-corrected chi connectivity index (χ0v) is 10.7. The van der Waals surface area contributed by atoms with E-state index < -0.39 is 17.9 Å². The van der Waals surface area contributed by atoms with E-state index in [0.717, 1.165) is 17.2 Å². The van der Waals surface area contributed by atoms with Crippen LogP contribution in [0.2, 0.25) is 0 Å². The molecule has 2 aromatic carbocycles. The molecule has 0 unspecified atom stereocenters. The van der Waals surface area contributed by atoms with Crippen LogP contribution in [-0.2, 0) is 4.84 Å². The molecule has 2 aromatic rings. The fraction of sp³-hybridized carbons (Fsp3) is 0.133. The minimum absolute atomic E-state index is 0.197. The maximum Gasteiger partial charge on any atom is 0.205 e. The van der Waals surface area contributed by atoms with Crippen molar-refractivity contribution >= 4 is 5.84 Å². The molecule has 0 amide bonds. The van der Waals surface area contributed by atoms with Crippen LogP contribution < -0.4 is 5.48 Å². The summed E-state index contributed by atoms with van der Waals surface area (Å²) in [6.07, 6.45) is -0.815. The van der Waals surface area contributed by atoms with Gasteiger partial charge in [-0.1, -0.05) is 24.3 Å². The lowest BCUT2D eigenvalue weighted by Crippen LogP contribution is -2.19. The normalized spacial score (nSPS) is 17.8. The Labute approximate surface area is 114 Å². The lowest BCUT2D eigenvalue weighted by molar-refractivity contribution is 0.0355. The first-order valence-electron chi connectivity index (χ1n) is 6.15. The minimum Gasteiger partial charge on any atom is -0.246 e. The Morgan fingerprint density at radius 2 is 1.95 bits per heavy atom. The van der Waals surface area contributed by atoms with E-state index in [1.54, 1.807) is 0 Å². The van der Waals surface area contributed by atoms with E-state index in [-0.39, 0.29) is 5.56 Å². The minimum atomic E-state index is -0.815. The first-order valence-corrected chi connectivity index (χ1v) is 6.15. The van der Waals surface area contributed by atoms with E-state index in [1.165, 1.54) is 12.1 Å². The van der Waals surface area contributed by atoms with Crippen molar-refractivity contribution in [3.05, 3.63) is 70.8 Å². The van der Waals surface area contributed by atoms with Crippen molar-refractivity contribution in [3.8, 4) is 0 Å². The molecule has 1 atom stereocenters. The lowest BCUT2D eigenvalue weighted by atomic mass is 10.1. The number of amidine groups is 1. The Morgan fingerprint density at radius 1 is 1.15 bits per heavy atom. The van der Waals surface area contributed by atoms with Gasteiger partial charge in [0.1, 0.15) is 11.6 Å². The number of hydroxylamine groups is 1. The van der Waals surface area contributed by atoms with Crippen molar-refractivity contribution in [3.63, 3.8) is 0 Å². The van der Waals surface area contributed by atoms with Gasteiger partial charge in [-0.2, -0.15) is 0 Å². The summed E-state index contributed by atoms with van der Waals surface area (Å²) < 4.78 is 26.6. The van der Waals surface area contributed by atoms with E-state index in [4.69, 9.17) is 4.84 Å². The number of aryl methyl sites for hydroxylation is 1. The number of hydrogen-bond donors (Lipinski definition) is 1. The van der Waals surface area contributed by atoms with Crippen LogP contribution in [0, 0.1) is 18.6 Å². The summed E-state index contributed by atoms with van der Waals surface area (Å²) in [5, 5.41) is 0. The zero-order valence-electron chi connectivity index (χ0n) is 10.7. The Bertz CT molecular complexity index is 685. The second-order valence-electron chi connectivity index (χ2n) is 4.53. The summed E-state index contributed by atoms with van der Waals surface area (Å²) in [4.78, 5) is 9.57. The number of benzene rings is 2. The third-order valence-electron chi connectivity index (χ3n) is 3.14. The van der Waals surface area contributed by atoms with Crippen LogP contribution in [-0.4, -0.2) is 5.84 Å². The summed E-state index contributed by atoms with van der Waals surface area (Å²) >= 11 is 0. The summed E-state index contributed by atoms with van der Waals surface area (Å²) in [7, 11) is 0. The van der Waals surface area contributed by atoms with Gasteiger partial charge in [0.15, 0.2) is 5.84 Å². The van der Waals surface area contributed by atoms with Crippen LogP contribution in [0.1, 0.15) is 22.9 Å². The molecule has 0 fully saturated rings. The number of hydrogen-bond acceptors (Lipinski definition) is 3. The number of halogens is 2. The molecule has 1 aliphatic heterocycles. The maximum atomic E-state index is 13.7. The number of nitrogens with one attached hydrogen (secondary N) is 1. The molecule has 0 saturated heterocycles. The lowest BCUT2D eigenvalue weighted by Gasteiger charge is -2.07. The second-order valence-corrected chi connectivity index (χ2v) is 4.53. The Morgan fingerprint density at radius 3 is 2.70 bits per heavy atom. The predicted octanol–water partition coefficient (Wildman–Crippen LogP) is 3.25. The van der Waals surface area contributed by atoms with E-state index in [0.29, 0.717) is 5.84 Å². The Balaban J connectivity index is 1.94. The van der Waals surface area contributed by atoms with E-state index in [9.17, 15) is 8.78 Å². The molecule has 5 heteroatoms. The van der Waals surface area contributed by atoms with Gasteiger partial charge in [0.2, 0.25) is 6.23 Å². The van der Waals surface area contributed by atoms with Gasteiger partial charge in [-0.25, -0.2) is 24.1 Å². The average molecular weight is 274 g/mol.